The molecule has 2 heterocycles. The van der Waals surface area contributed by atoms with Crippen molar-refractivity contribution in [2.75, 3.05) is 31.1 Å². The van der Waals surface area contributed by atoms with Gasteiger partial charge in [-0.1, -0.05) is 32.9 Å². The quantitative estimate of drug-likeness (QED) is 0.735. The van der Waals surface area contributed by atoms with Gasteiger partial charge in [0.2, 0.25) is 5.91 Å². The van der Waals surface area contributed by atoms with E-state index in [1.807, 2.05) is 29.2 Å². The standard InChI is InChI=1S/C22H32N4O2/c1-4-12-25(13-5-2)21-22(28)26(19-9-7-6-8-18(19)23-21)16-20(27)24-14-10-17(3)11-15-24/h6-9,17H,4-5,10-16H2,1-3H3. The van der Waals surface area contributed by atoms with E-state index in [4.69, 9.17) is 0 Å². The van der Waals surface area contributed by atoms with Crippen LogP contribution in [0.2, 0.25) is 0 Å². The van der Waals surface area contributed by atoms with Gasteiger partial charge in [0, 0.05) is 26.2 Å². The number of rotatable bonds is 7. The Balaban J connectivity index is 1.99. The van der Waals surface area contributed by atoms with Crippen LogP contribution in [0.1, 0.15) is 46.5 Å². The van der Waals surface area contributed by atoms with Gasteiger partial charge in [-0.3, -0.25) is 14.2 Å². The van der Waals surface area contributed by atoms with Crippen LogP contribution in [0.25, 0.3) is 11.0 Å². The van der Waals surface area contributed by atoms with E-state index >= 15 is 0 Å². The lowest BCUT2D eigenvalue weighted by molar-refractivity contribution is -0.133. The summed E-state index contributed by atoms with van der Waals surface area (Å²) < 4.78 is 1.62. The molecule has 1 aliphatic rings. The van der Waals surface area contributed by atoms with Gasteiger partial charge in [-0.05, 0) is 43.7 Å². The second kappa shape index (κ2) is 9.22. The van der Waals surface area contributed by atoms with Gasteiger partial charge in [0.15, 0.2) is 5.82 Å². The van der Waals surface area contributed by atoms with Gasteiger partial charge in [0.25, 0.3) is 5.56 Å². The third kappa shape index (κ3) is 4.37. The number of benzene rings is 1. The number of likely N-dealkylation sites (tertiary alicyclic amines) is 1. The Morgan fingerprint density at radius 2 is 1.79 bits per heavy atom. The zero-order valence-corrected chi connectivity index (χ0v) is 17.4. The molecule has 1 fully saturated rings. The van der Waals surface area contributed by atoms with Crippen molar-refractivity contribution >= 4 is 22.8 Å². The van der Waals surface area contributed by atoms with Crippen molar-refractivity contribution in [2.45, 2.75) is 53.0 Å². The summed E-state index contributed by atoms with van der Waals surface area (Å²) in [5.41, 5.74) is 1.32. The van der Waals surface area contributed by atoms with Crippen molar-refractivity contribution in [1.82, 2.24) is 14.5 Å². The predicted octanol–water partition coefficient (Wildman–Crippen LogP) is 3.28. The normalized spacial score (nSPS) is 15.2. The van der Waals surface area contributed by atoms with Crippen LogP contribution in [0, 0.1) is 5.92 Å². The summed E-state index contributed by atoms with van der Waals surface area (Å²) in [6, 6.07) is 7.61. The minimum absolute atomic E-state index is 0.0221. The number of aromatic nitrogens is 2. The predicted molar refractivity (Wildman–Crippen MR) is 114 cm³/mol. The molecule has 0 radical (unpaired) electrons. The largest absolute Gasteiger partial charge is 0.352 e. The summed E-state index contributed by atoms with van der Waals surface area (Å²) in [6.45, 7) is 9.64. The van der Waals surface area contributed by atoms with Crippen LogP contribution in [0.4, 0.5) is 5.82 Å². The maximum atomic E-state index is 13.3. The van der Waals surface area contributed by atoms with Crippen molar-refractivity contribution in [3.05, 3.63) is 34.6 Å². The van der Waals surface area contributed by atoms with Gasteiger partial charge in [0.05, 0.1) is 11.0 Å². The lowest BCUT2D eigenvalue weighted by atomic mass is 9.99. The van der Waals surface area contributed by atoms with E-state index in [-0.39, 0.29) is 18.0 Å². The van der Waals surface area contributed by atoms with Crippen LogP contribution in [-0.4, -0.2) is 46.5 Å². The number of hydrogen-bond acceptors (Lipinski definition) is 4. The summed E-state index contributed by atoms with van der Waals surface area (Å²) >= 11 is 0. The zero-order valence-electron chi connectivity index (χ0n) is 17.4. The summed E-state index contributed by atoms with van der Waals surface area (Å²) in [7, 11) is 0. The molecule has 0 bridgehead atoms. The molecule has 0 unspecified atom stereocenters. The Kier molecular flexibility index (Phi) is 6.70. The van der Waals surface area contributed by atoms with Gasteiger partial charge in [-0.15, -0.1) is 0 Å². The van der Waals surface area contributed by atoms with Gasteiger partial charge in [-0.2, -0.15) is 0 Å². The minimum Gasteiger partial charge on any atom is -0.352 e. The lowest BCUT2D eigenvalue weighted by Gasteiger charge is -2.31. The summed E-state index contributed by atoms with van der Waals surface area (Å²) in [4.78, 5) is 34.9. The van der Waals surface area contributed by atoms with E-state index in [0.717, 1.165) is 62.9 Å². The molecule has 0 atom stereocenters. The third-order valence-corrected chi connectivity index (χ3v) is 5.55. The van der Waals surface area contributed by atoms with Crippen LogP contribution in [0.5, 0.6) is 0 Å². The molecule has 0 spiro atoms. The highest BCUT2D eigenvalue weighted by Gasteiger charge is 2.23. The van der Waals surface area contributed by atoms with Gasteiger partial charge in [-0.25, -0.2) is 4.98 Å². The number of carbonyl (C=O) groups excluding carboxylic acids is 1. The number of anilines is 1. The second-order valence-electron chi connectivity index (χ2n) is 7.87. The van der Waals surface area contributed by atoms with E-state index in [1.54, 1.807) is 4.57 Å². The average molecular weight is 385 g/mol. The van der Waals surface area contributed by atoms with E-state index in [1.165, 1.54) is 0 Å². The Bertz CT molecular complexity index is 862. The van der Waals surface area contributed by atoms with E-state index in [2.05, 4.69) is 30.7 Å². The fourth-order valence-corrected chi connectivity index (χ4v) is 3.90. The van der Waals surface area contributed by atoms with Crippen LogP contribution in [-0.2, 0) is 11.3 Å². The molecule has 1 aromatic heterocycles. The average Bonchev–Trinajstić information content (AvgIpc) is 2.70. The number of nitrogens with zero attached hydrogens (tertiary/aromatic N) is 4. The smallest absolute Gasteiger partial charge is 0.294 e. The molecule has 2 aromatic rings. The third-order valence-electron chi connectivity index (χ3n) is 5.55. The molecule has 1 saturated heterocycles. The molecule has 0 aliphatic carbocycles. The molecule has 6 nitrogen and oxygen atoms in total. The molecule has 6 heteroatoms. The van der Waals surface area contributed by atoms with Crippen LogP contribution in [0.3, 0.4) is 0 Å². The van der Waals surface area contributed by atoms with E-state index < -0.39 is 0 Å². The first-order valence-corrected chi connectivity index (χ1v) is 10.6. The Hall–Kier alpha value is -2.37. The highest BCUT2D eigenvalue weighted by Crippen LogP contribution is 2.18. The highest BCUT2D eigenvalue weighted by atomic mass is 16.2. The Morgan fingerprint density at radius 3 is 2.43 bits per heavy atom. The molecular formula is C22H32N4O2. The van der Waals surface area contributed by atoms with Crippen molar-refractivity contribution in [1.29, 1.82) is 0 Å². The molecular weight excluding hydrogens is 352 g/mol. The number of carbonyl (C=O) groups is 1. The number of hydrogen-bond donors (Lipinski definition) is 0. The van der Waals surface area contributed by atoms with Crippen molar-refractivity contribution in [3.63, 3.8) is 0 Å². The number of para-hydroxylation sites is 2. The molecule has 0 saturated carbocycles. The van der Waals surface area contributed by atoms with Gasteiger partial charge < -0.3 is 9.80 Å². The molecule has 1 amide bonds. The van der Waals surface area contributed by atoms with Crippen LogP contribution < -0.4 is 10.5 Å². The number of piperidine rings is 1. The molecule has 28 heavy (non-hydrogen) atoms. The first-order chi connectivity index (χ1) is 13.5. The first kappa shape index (κ1) is 20.4. The van der Waals surface area contributed by atoms with E-state index in [9.17, 15) is 9.59 Å². The topological polar surface area (TPSA) is 58.4 Å². The van der Waals surface area contributed by atoms with Crippen molar-refractivity contribution < 1.29 is 4.79 Å². The second-order valence-corrected chi connectivity index (χ2v) is 7.87. The van der Waals surface area contributed by atoms with Gasteiger partial charge in [0.1, 0.15) is 6.54 Å². The van der Waals surface area contributed by atoms with Crippen LogP contribution >= 0.6 is 0 Å². The van der Waals surface area contributed by atoms with Crippen molar-refractivity contribution in [2.24, 2.45) is 5.92 Å². The monoisotopic (exact) mass is 384 g/mol. The maximum Gasteiger partial charge on any atom is 0.294 e. The zero-order chi connectivity index (χ0) is 20.1. The minimum atomic E-state index is -0.167. The Morgan fingerprint density at radius 1 is 1.14 bits per heavy atom. The lowest BCUT2D eigenvalue weighted by Crippen LogP contribution is -2.42. The summed E-state index contributed by atoms with van der Waals surface area (Å²) in [5.74, 6) is 1.15. The van der Waals surface area contributed by atoms with Crippen LogP contribution in [0.15, 0.2) is 29.1 Å². The molecule has 1 aromatic carbocycles. The fourth-order valence-electron chi connectivity index (χ4n) is 3.90. The molecule has 1 aliphatic heterocycles. The molecule has 0 N–H and O–H groups in total. The maximum absolute atomic E-state index is 13.3. The van der Waals surface area contributed by atoms with Crippen molar-refractivity contribution in [3.8, 4) is 0 Å². The number of fused-ring (bicyclic) bond motifs is 1. The first-order valence-electron chi connectivity index (χ1n) is 10.6. The molecule has 152 valence electrons. The Labute approximate surface area is 167 Å². The molecule has 3 rings (SSSR count). The van der Waals surface area contributed by atoms with Gasteiger partial charge >= 0.3 is 0 Å². The summed E-state index contributed by atoms with van der Waals surface area (Å²) in [5, 5.41) is 0. The SMILES string of the molecule is CCCN(CCC)c1nc2ccccc2n(CC(=O)N2CCC(C)CC2)c1=O. The highest BCUT2D eigenvalue weighted by molar-refractivity contribution is 5.81. The summed E-state index contributed by atoms with van der Waals surface area (Å²) in [6.07, 6.45) is 3.95. The fraction of sp³-hybridized carbons (Fsp3) is 0.591. The van der Waals surface area contributed by atoms with E-state index in [0.29, 0.717) is 11.7 Å². The number of amides is 1.